The molecule has 0 N–H and O–H groups in total. The number of hydrogen-bond acceptors (Lipinski definition) is 0. The SMILES string of the molecule is BCCCCCCCCC(C)CCCCCCCCCC. The van der Waals surface area contributed by atoms with Gasteiger partial charge in [-0.15, -0.1) is 0 Å². The van der Waals surface area contributed by atoms with E-state index in [2.05, 4.69) is 21.7 Å². The van der Waals surface area contributed by atoms with Crippen molar-refractivity contribution in [1.82, 2.24) is 0 Å². The molecule has 0 aliphatic carbocycles. The van der Waals surface area contributed by atoms with E-state index < -0.39 is 0 Å². The second-order valence-corrected chi connectivity index (χ2v) is 7.28. The summed E-state index contributed by atoms with van der Waals surface area (Å²) >= 11 is 0. The second kappa shape index (κ2) is 18.1. The third kappa shape index (κ3) is 18.0. The van der Waals surface area contributed by atoms with Gasteiger partial charge in [-0.25, -0.2) is 0 Å². The van der Waals surface area contributed by atoms with Crippen molar-refractivity contribution < 1.29 is 0 Å². The van der Waals surface area contributed by atoms with Crippen LogP contribution in [0.3, 0.4) is 0 Å². The zero-order valence-corrected chi connectivity index (χ0v) is 15.6. The minimum Gasteiger partial charge on any atom is -0.0811 e. The van der Waals surface area contributed by atoms with Crippen molar-refractivity contribution in [2.24, 2.45) is 5.92 Å². The van der Waals surface area contributed by atoms with Crippen LogP contribution in [0.25, 0.3) is 0 Å². The Kier molecular flexibility index (Phi) is 18.2. The normalized spacial score (nSPS) is 12.7. The summed E-state index contributed by atoms with van der Waals surface area (Å²) in [5, 5.41) is 0. The van der Waals surface area contributed by atoms with Crippen molar-refractivity contribution in [3.63, 3.8) is 0 Å². The van der Waals surface area contributed by atoms with E-state index >= 15 is 0 Å². The van der Waals surface area contributed by atoms with Gasteiger partial charge in [0.2, 0.25) is 0 Å². The van der Waals surface area contributed by atoms with Gasteiger partial charge in [0.15, 0.2) is 0 Å². The van der Waals surface area contributed by atoms with Gasteiger partial charge in [-0.05, 0) is 5.92 Å². The molecule has 0 aromatic heterocycles. The van der Waals surface area contributed by atoms with Crippen molar-refractivity contribution in [2.45, 2.75) is 123 Å². The summed E-state index contributed by atoms with van der Waals surface area (Å²) in [6.07, 6.45) is 24.8. The molecular weight excluding hydrogens is 251 g/mol. The average Bonchev–Trinajstić information content (AvgIpc) is 2.49. The minimum atomic E-state index is 0.973. The quantitative estimate of drug-likeness (QED) is 0.201. The molecule has 0 saturated heterocycles. The van der Waals surface area contributed by atoms with Crippen molar-refractivity contribution in [2.75, 3.05) is 0 Å². The van der Waals surface area contributed by atoms with Crippen molar-refractivity contribution in [1.29, 1.82) is 0 Å². The summed E-state index contributed by atoms with van der Waals surface area (Å²) in [6.45, 7) is 4.77. The Labute approximate surface area is 137 Å². The van der Waals surface area contributed by atoms with Crippen molar-refractivity contribution in [3.8, 4) is 0 Å². The van der Waals surface area contributed by atoms with Crippen LogP contribution in [0.2, 0.25) is 6.32 Å². The van der Waals surface area contributed by atoms with E-state index in [-0.39, 0.29) is 0 Å². The fraction of sp³-hybridized carbons (Fsp3) is 1.00. The molecule has 1 unspecified atom stereocenters. The fourth-order valence-electron chi connectivity index (χ4n) is 3.22. The van der Waals surface area contributed by atoms with Crippen LogP contribution in [-0.2, 0) is 0 Å². The molecule has 0 aromatic carbocycles. The summed E-state index contributed by atoms with van der Waals surface area (Å²) in [4.78, 5) is 0. The van der Waals surface area contributed by atoms with Crippen LogP contribution >= 0.6 is 0 Å². The highest BCUT2D eigenvalue weighted by molar-refractivity contribution is 6.08. The Morgan fingerprint density at radius 2 is 0.952 bits per heavy atom. The number of unbranched alkanes of at least 4 members (excludes halogenated alkanes) is 12. The monoisotopic (exact) mass is 294 g/mol. The lowest BCUT2D eigenvalue weighted by atomic mass is 9.95. The first-order valence-electron chi connectivity index (χ1n) is 10.3. The highest BCUT2D eigenvalue weighted by atomic mass is 14.1. The van der Waals surface area contributed by atoms with Crippen molar-refractivity contribution in [3.05, 3.63) is 0 Å². The number of hydrogen-bond donors (Lipinski definition) is 0. The molecule has 0 amide bonds. The molecule has 0 aliphatic heterocycles. The Hall–Kier alpha value is 0.0649. The van der Waals surface area contributed by atoms with Gasteiger partial charge in [0.1, 0.15) is 7.85 Å². The lowest BCUT2D eigenvalue weighted by Crippen LogP contribution is -1.95. The van der Waals surface area contributed by atoms with E-state index in [4.69, 9.17) is 0 Å². The second-order valence-electron chi connectivity index (χ2n) is 7.28. The number of rotatable bonds is 17. The Morgan fingerprint density at radius 3 is 1.38 bits per heavy atom. The van der Waals surface area contributed by atoms with Crippen LogP contribution < -0.4 is 0 Å². The summed E-state index contributed by atoms with van der Waals surface area (Å²) in [5.41, 5.74) is 0. The van der Waals surface area contributed by atoms with E-state index in [1.807, 2.05) is 0 Å². The molecule has 0 aromatic rings. The van der Waals surface area contributed by atoms with Gasteiger partial charge in [0.05, 0.1) is 0 Å². The van der Waals surface area contributed by atoms with E-state index in [1.165, 1.54) is 109 Å². The maximum absolute atomic E-state index is 2.47. The molecule has 1 heteroatoms. The first-order valence-corrected chi connectivity index (χ1v) is 10.3. The van der Waals surface area contributed by atoms with E-state index in [0.29, 0.717) is 0 Å². The molecular formula is C20H43B. The van der Waals surface area contributed by atoms with Gasteiger partial charge in [0, 0.05) is 0 Å². The molecule has 1 atom stereocenters. The van der Waals surface area contributed by atoms with Gasteiger partial charge in [-0.1, -0.05) is 123 Å². The predicted molar refractivity (Wildman–Crippen MR) is 102 cm³/mol. The third-order valence-corrected chi connectivity index (χ3v) is 4.85. The van der Waals surface area contributed by atoms with E-state index in [0.717, 1.165) is 5.92 Å². The van der Waals surface area contributed by atoms with Gasteiger partial charge >= 0.3 is 0 Å². The summed E-state index contributed by atoms with van der Waals surface area (Å²) in [6, 6.07) is 0. The van der Waals surface area contributed by atoms with E-state index in [1.54, 1.807) is 0 Å². The molecule has 0 spiro atoms. The summed E-state index contributed by atoms with van der Waals surface area (Å²) in [7, 11) is 2.30. The molecule has 0 rings (SSSR count). The van der Waals surface area contributed by atoms with Crippen LogP contribution in [-0.4, -0.2) is 7.85 Å². The highest BCUT2D eigenvalue weighted by Crippen LogP contribution is 2.18. The molecule has 0 saturated carbocycles. The maximum Gasteiger partial charge on any atom is 0.101 e. The molecule has 0 aliphatic rings. The standard InChI is InChI=1S/C20H43B/c1-3-4-5-6-7-8-11-14-17-20(2)18-15-12-9-10-13-16-19-21/h20H,3-19,21H2,1-2H3. The summed E-state index contributed by atoms with van der Waals surface area (Å²) in [5.74, 6) is 0.973. The molecule has 0 fully saturated rings. The average molecular weight is 294 g/mol. The van der Waals surface area contributed by atoms with Gasteiger partial charge in [-0.2, -0.15) is 0 Å². The molecule has 0 heterocycles. The summed E-state index contributed by atoms with van der Waals surface area (Å²) < 4.78 is 0. The Balaban J connectivity index is 3.11. The largest absolute Gasteiger partial charge is 0.101 e. The lowest BCUT2D eigenvalue weighted by Gasteiger charge is -2.11. The molecule has 21 heavy (non-hydrogen) atoms. The Bertz CT molecular complexity index is 179. The topological polar surface area (TPSA) is 0 Å². The van der Waals surface area contributed by atoms with Crippen molar-refractivity contribution >= 4 is 7.85 Å². The van der Waals surface area contributed by atoms with Gasteiger partial charge in [0.25, 0.3) is 0 Å². The van der Waals surface area contributed by atoms with E-state index in [9.17, 15) is 0 Å². The zero-order chi connectivity index (χ0) is 15.6. The zero-order valence-electron chi connectivity index (χ0n) is 15.6. The van der Waals surface area contributed by atoms with Crippen LogP contribution in [0.5, 0.6) is 0 Å². The smallest absolute Gasteiger partial charge is 0.0811 e. The molecule has 0 radical (unpaired) electrons. The first kappa shape index (κ1) is 21.1. The van der Waals surface area contributed by atoms with Gasteiger partial charge < -0.3 is 0 Å². The third-order valence-electron chi connectivity index (χ3n) is 4.85. The Morgan fingerprint density at radius 1 is 0.571 bits per heavy atom. The van der Waals surface area contributed by atoms with Crippen LogP contribution in [0.1, 0.15) is 117 Å². The minimum absolute atomic E-state index is 0.973. The van der Waals surface area contributed by atoms with Gasteiger partial charge in [-0.3, -0.25) is 0 Å². The lowest BCUT2D eigenvalue weighted by molar-refractivity contribution is 0.431. The first-order chi connectivity index (χ1) is 10.3. The van der Waals surface area contributed by atoms with Crippen LogP contribution in [0, 0.1) is 5.92 Å². The molecule has 126 valence electrons. The van der Waals surface area contributed by atoms with Crippen LogP contribution in [0.4, 0.5) is 0 Å². The highest BCUT2D eigenvalue weighted by Gasteiger charge is 2.02. The maximum atomic E-state index is 2.47. The molecule has 0 nitrogen and oxygen atoms in total. The fourth-order valence-corrected chi connectivity index (χ4v) is 3.22. The predicted octanol–water partition coefficient (Wildman–Crippen LogP) is 6.94. The van der Waals surface area contributed by atoms with Crippen LogP contribution in [0.15, 0.2) is 0 Å². The molecule has 0 bridgehead atoms.